The highest BCUT2D eigenvalue weighted by Gasteiger charge is 2.09. The van der Waals surface area contributed by atoms with Crippen LogP contribution < -0.4 is 0 Å². The van der Waals surface area contributed by atoms with Crippen molar-refractivity contribution in [1.29, 1.82) is 0 Å². The molecule has 0 aliphatic rings. The maximum absolute atomic E-state index is 8.87. The molecule has 0 aromatic carbocycles. The molecule has 4 heteroatoms. The second kappa shape index (κ2) is 4.51. The maximum Gasteiger partial charge on any atom is 0.142 e. The monoisotopic (exact) mass is 220 g/mol. The third-order valence-corrected chi connectivity index (χ3v) is 3.16. The number of nitrogens with zero attached hydrogens (tertiary/aromatic N) is 2. The Morgan fingerprint density at radius 3 is 2.93 bits per heavy atom. The highest BCUT2D eigenvalue weighted by molar-refractivity contribution is 7.15. The summed E-state index contributed by atoms with van der Waals surface area (Å²) in [7, 11) is 0. The molecule has 0 fully saturated rings. The minimum absolute atomic E-state index is 0.145. The van der Waals surface area contributed by atoms with Crippen molar-refractivity contribution in [3.05, 3.63) is 35.0 Å². The van der Waals surface area contributed by atoms with E-state index in [9.17, 15) is 0 Å². The molecule has 0 atom stereocenters. The van der Waals surface area contributed by atoms with Crippen LogP contribution in [0.3, 0.4) is 0 Å². The van der Waals surface area contributed by atoms with Gasteiger partial charge in [0.1, 0.15) is 5.01 Å². The van der Waals surface area contributed by atoms with Crippen molar-refractivity contribution >= 4 is 11.3 Å². The molecule has 0 aliphatic carbocycles. The fourth-order valence-corrected chi connectivity index (χ4v) is 2.30. The van der Waals surface area contributed by atoms with E-state index in [0.717, 1.165) is 21.3 Å². The molecule has 2 rings (SSSR count). The van der Waals surface area contributed by atoms with E-state index in [1.807, 2.05) is 25.1 Å². The summed E-state index contributed by atoms with van der Waals surface area (Å²) < 4.78 is 0. The lowest BCUT2D eigenvalue weighted by atomic mass is 10.3. The van der Waals surface area contributed by atoms with E-state index in [1.54, 1.807) is 17.5 Å². The normalized spacial score (nSPS) is 10.5. The van der Waals surface area contributed by atoms with Gasteiger partial charge in [-0.25, -0.2) is 4.98 Å². The summed E-state index contributed by atoms with van der Waals surface area (Å²) in [6, 6.07) is 5.78. The van der Waals surface area contributed by atoms with Crippen molar-refractivity contribution in [3.63, 3.8) is 0 Å². The predicted octanol–water partition coefficient (Wildman–Crippen LogP) is 2.05. The van der Waals surface area contributed by atoms with Gasteiger partial charge in [-0.2, -0.15) is 0 Å². The van der Waals surface area contributed by atoms with Gasteiger partial charge < -0.3 is 5.11 Å². The van der Waals surface area contributed by atoms with Gasteiger partial charge in [-0.3, -0.25) is 4.98 Å². The second-order valence-electron chi connectivity index (χ2n) is 3.21. The first-order valence-electron chi connectivity index (χ1n) is 4.80. The first-order chi connectivity index (χ1) is 7.31. The average molecular weight is 220 g/mol. The van der Waals surface area contributed by atoms with Crippen LogP contribution in [0.15, 0.2) is 24.4 Å². The molecular weight excluding hydrogens is 208 g/mol. The highest BCUT2D eigenvalue weighted by atomic mass is 32.1. The lowest BCUT2D eigenvalue weighted by Crippen LogP contribution is -1.92. The van der Waals surface area contributed by atoms with Crippen LogP contribution in [0.5, 0.6) is 0 Å². The summed E-state index contributed by atoms with van der Waals surface area (Å²) in [4.78, 5) is 9.87. The fourth-order valence-electron chi connectivity index (χ4n) is 1.36. The molecule has 0 bridgehead atoms. The predicted molar refractivity (Wildman–Crippen MR) is 60.9 cm³/mol. The molecule has 0 aliphatic heterocycles. The Hall–Kier alpha value is -1.26. The lowest BCUT2D eigenvalue weighted by Gasteiger charge is -1.93. The fraction of sp³-hybridized carbons (Fsp3) is 0.273. The number of thiazole rings is 1. The van der Waals surface area contributed by atoms with Crippen LogP contribution >= 0.6 is 11.3 Å². The zero-order valence-corrected chi connectivity index (χ0v) is 9.29. The quantitative estimate of drug-likeness (QED) is 0.861. The zero-order chi connectivity index (χ0) is 10.7. The number of aliphatic hydroxyl groups excluding tert-OH is 1. The molecule has 3 nitrogen and oxygen atoms in total. The Balaban J connectivity index is 2.34. The molecule has 78 valence electrons. The van der Waals surface area contributed by atoms with Crippen LogP contribution in [0.2, 0.25) is 0 Å². The molecular formula is C11H12N2OS. The number of aryl methyl sites for hydroxylation is 1. The smallest absolute Gasteiger partial charge is 0.142 e. The third-order valence-electron chi connectivity index (χ3n) is 2.13. The minimum atomic E-state index is 0.145. The number of hydrogen-bond acceptors (Lipinski definition) is 4. The van der Waals surface area contributed by atoms with Crippen molar-refractivity contribution in [1.82, 2.24) is 9.97 Å². The first kappa shape index (κ1) is 10.3. The van der Waals surface area contributed by atoms with Gasteiger partial charge in [-0.05, 0) is 19.1 Å². The molecule has 0 radical (unpaired) electrons. The van der Waals surface area contributed by atoms with Crippen molar-refractivity contribution in [2.45, 2.75) is 13.3 Å². The van der Waals surface area contributed by atoms with Crippen molar-refractivity contribution in [2.24, 2.45) is 0 Å². The first-order valence-corrected chi connectivity index (χ1v) is 5.61. The molecule has 0 spiro atoms. The minimum Gasteiger partial charge on any atom is -0.396 e. The Morgan fingerprint density at radius 1 is 1.40 bits per heavy atom. The number of rotatable bonds is 3. The van der Waals surface area contributed by atoms with Gasteiger partial charge in [-0.15, -0.1) is 11.3 Å². The summed E-state index contributed by atoms with van der Waals surface area (Å²) in [5.74, 6) is 0. The molecule has 0 unspecified atom stereocenters. The van der Waals surface area contributed by atoms with Crippen LogP contribution in [0, 0.1) is 6.92 Å². The number of aliphatic hydroxyl groups is 1. The van der Waals surface area contributed by atoms with E-state index >= 15 is 0 Å². The Labute approximate surface area is 92.5 Å². The zero-order valence-electron chi connectivity index (χ0n) is 8.47. The molecule has 0 saturated heterocycles. The van der Waals surface area contributed by atoms with Gasteiger partial charge in [0.25, 0.3) is 0 Å². The summed E-state index contributed by atoms with van der Waals surface area (Å²) in [5.41, 5.74) is 1.87. The van der Waals surface area contributed by atoms with Crippen LogP contribution in [-0.2, 0) is 6.42 Å². The van der Waals surface area contributed by atoms with E-state index in [-0.39, 0.29) is 6.61 Å². The molecule has 0 saturated carbocycles. The summed E-state index contributed by atoms with van der Waals surface area (Å²) >= 11 is 1.62. The Kier molecular flexibility index (Phi) is 3.08. The number of hydrogen-bond donors (Lipinski definition) is 1. The second-order valence-corrected chi connectivity index (χ2v) is 4.41. The summed E-state index contributed by atoms with van der Waals surface area (Å²) in [6.45, 7) is 2.17. The average Bonchev–Trinajstić information content (AvgIpc) is 2.63. The SMILES string of the molecule is Cc1sc(-c2ccccn2)nc1CCO. The Bertz CT molecular complexity index is 439. The van der Waals surface area contributed by atoms with E-state index in [0.29, 0.717) is 6.42 Å². The van der Waals surface area contributed by atoms with Crippen LogP contribution in [0.4, 0.5) is 0 Å². The van der Waals surface area contributed by atoms with Gasteiger partial charge >= 0.3 is 0 Å². The van der Waals surface area contributed by atoms with E-state index in [4.69, 9.17) is 5.11 Å². The molecule has 2 aromatic rings. The van der Waals surface area contributed by atoms with Crippen LogP contribution in [0.25, 0.3) is 10.7 Å². The van der Waals surface area contributed by atoms with Gasteiger partial charge in [0, 0.05) is 24.1 Å². The largest absolute Gasteiger partial charge is 0.396 e. The van der Waals surface area contributed by atoms with E-state index in [1.165, 1.54) is 0 Å². The summed E-state index contributed by atoms with van der Waals surface area (Å²) in [5, 5.41) is 9.80. The molecule has 2 aromatic heterocycles. The number of aromatic nitrogens is 2. The van der Waals surface area contributed by atoms with E-state index < -0.39 is 0 Å². The van der Waals surface area contributed by atoms with E-state index in [2.05, 4.69) is 9.97 Å². The lowest BCUT2D eigenvalue weighted by molar-refractivity contribution is 0.298. The van der Waals surface area contributed by atoms with Gasteiger partial charge in [0.2, 0.25) is 0 Å². The van der Waals surface area contributed by atoms with Crippen LogP contribution in [-0.4, -0.2) is 21.7 Å². The molecule has 0 amide bonds. The van der Waals surface area contributed by atoms with Gasteiger partial charge in [-0.1, -0.05) is 6.07 Å². The van der Waals surface area contributed by atoms with Gasteiger partial charge in [0.05, 0.1) is 11.4 Å². The van der Waals surface area contributed by atoms with Crippen molar-refractivity contribution in [2.75, 3.05) is 6.61 Å². The third kappa shape index (κ3) is 2.22. The van der Waals surface area contributed by atoms with Crippen molar-refractivity contribution in [3.8, 4) is 10.7 Å². The topological polar surface area (TPSA) is 46.0 Å². The molecule has 15 heavy (non-hydrogen) atoms. The Morgan fingerprint density at radius 2 is 2.27 bits per heavy atom. The summed E-state index contributed by atoms with van der Waals surface area (Å²) in [6.07, 6.45) is 2.38. The molecule has 2 heterocycles. The number of pyridine rings is 1. The maximum atomic E-state index is 8.87. The molecule has 1 N–H and O–H groups in total. The van der Waals surface area contributed by atoms with Crippen molar-refractivity contribution < 1.29 is 5.11 Å². The highest BCUT2D eigenvalue weighted by Crippen LogP contribution is 2.25. The van der Waals surface area contributed by atoms with Crippen LogP contribution in [0.1, 0.15) is 10.6 Å². The van der Waals surface area contributed by atoms with Gasteiger partial charge in [0.15, 0.2) is 0 Å². The standard InChI is InChI=1S/C11H12N2OS/c1-8-9(5-7-14)13-11(15-8)10-4-2-3-6-12-10/h2-4,6,14H,5,7H2,1H3.